The number of amides is 1. The highest BCUT2D eigenvalue weighted by Gasteiger charge is 2.15. The van der Waals surface area contributed by atoms with E-state index in [0.29, 0.717) is 5.56 Å². The van der Waals surface area contributed by atoms with Gasteiger partial charge in [-0.05, 0) is 19.1 Å². The SMILES string of the molecule is Cc1cccc(C(=O)Nc2[nH]ncc2C(=O)O)c1. The van der Waals surface area contributed by atoms with Crippen molar-refractivity contribution in [3.63, 3.8) is 0 Å². The molecule has 6 heteroatoms. The lowest BCUT2D eigenvalue weighted by Crippen LogP contribution is -2.14. The molecule has 0 unspecified atom stereocenters. The van der Waals surface area contributed by atoms with Crippen molar-refractivity contribution in [3.05, 3.63) is 47.2 Å². The molecule has 2 rings (SSSR count). The van der Waals surface area contributed by atoms with Crippen molar-refractivity contribution < 1.29 is 14.7 Å². The van der Waals surface area contributed by atoms with Gasteiger partial charge in [0.1, 0.15) is 11.4 Å². The van der Waals surface area contributed by atoms with Gasteiger partial charge in [-0.2, -0.15) is 5.10 Å². The van der Waals surface area contributed by atoms with Crippen molar-refractivity contribution in [2.75, 3.05) is 5.32 Å². The lowest BCUT2D eigenvalue weighted by Gasteiger charge is -2.04. The van der Waals surface area contributed by atoms with E-state index in [1.807, 2.05) is 13.0 Å². The Kier molecular flexibility index (Phi) is 3.09. The van der Waals surface area contributed by atoms with Gasteiger partial charge < -0.3 is 10.4 Å². The molecule has 0 aliphatic heterocycles. The van der Waals surface area contributed by atoms with Crippen LogP contribution in [0, 0.1) is 6.92 Å². The predicted octanol–water partition coefficient (Wildman–Crippen LogP) is 1.67. The van der Waals surface area contributed by atoms with Crippen molar-refractivity contribution in [3.8, 4) is 0 Å². The standard InChI is InChI=1S/C12H11N3O3/c1-7-3-2-4-8(5-7)11(16)14-10-9(12(17)18)6-13-15-10/h2-6H,1H3,(H,17,18)(H2,13,14,15,16). The number of aromatic amines is 1. The van der Waals surface area contributed by atoms with Gasteiger partial charge in [0.2, 0.25) is 0 Å². The minimum Gasteiger partial charge on any atom is -0.477 e. The minimum absolute atomic E-state index is 0.0731. The first-order chi connectivity index (χ1) is 8.58. The second-order valence-corrected chi connectivity index (χ2v) is 3.79. The summed E-state index contributed by atoms with van der Waals surface area (Å²) in [6.45, 7) is 1.87. The molecule has 3 N–H and O–H groups in total. The number of H-pyrrole nitrogens is 1. The number of nitrogens with one attached hydrogen (secondary N) is 2. The minimum atomic E-state index is -1.15. The molecule has 1 aromatic carbocycles. The number of aryl methyl sites for hydroxylation is 1. The van der Waals surface area contributed by atoms with Crippen molar-refractivity contribution in [2.45, 2.75) is 6.92 Å². The number of rotatable bonds is 3. The molecule has 0 atom stereocenters. The van der Waals surface area contributed by atoms with Gasteiger partial charge >= 0.3 is 5.97 Å². The van der Waals surface area contributed by atoms with Crippen LogP contribution < -0.4 is 5.32 Å². The number of carbonyl (C=O) groups excluding carboxylic acids is 1. The van der Waals surface area contributed by atoms with Crippen molar-refractivity contribution in [2.24, 2.45) is 0 Å². The number of benzene rings is 1. The van der Waals surface area contributed by atoms with Gasteiger partial charge in [-0.15, -0.1) is 0 Å². The van der Waals surface area contributed by atoms with Crippen LogP contribution in [0.1, 0.15) is 26.3 Å². The van der Waals surface area contributed by atoms with E-state index >= 15 is 0 Å². The molecule has 18 heavy (non-hydrogen) atoms. The predicted molar refractivity (Wildman–Crippen MR) is 64.7 cm³/mol. The Balaban J connectivity index is 2.21. The van der Waals surface area contributed by atoms with Gasteiger partial charge in [0.05, 0.1) is 6.20 Å². The zero-order chi connectivity index (χ0) is 13.1. The summed E-state index contributed by atoms with van der Waals surface area (Å²) in [5.74, 6) is -1.46. The molecule has 1 aromatic heterocycles. The molecule has 1 amide bonds. The van der Waals surface area contributed by atoms with E-state index in [-0.39, 0.29) is 17.3 Å². The molecule has 1 heterocycles. The Bertz CT molecular complexity index is 604. The first-order valence-electron chi connectivity index (χ1n) is 5.22. The van der Waals surface area contributed by atoms with Crippen LogP contribution in [0.5, 0.6) is 0 Å². The number of hydrogen-bond donors (Lipinski definition) is 3. The number of carboxylic acids is 1. The third kappa shape index (κ3) is 2.37. The van der Waals surface area contributed by atoms with Gasteiger partial charge in [0.25, 0.3) is 5.91 Å². The molecule has 0 aliphatic carbocycles. The molecule has 92 valence electrons. The third-order valence-electron chi connectivity index (χ3n) is 2.39. The molecular weight excluding hydrogens is 234 g/mol. The van der Waals surface area contributed by atoms with Crippen LogP contribution in [0.3, 0.4) is 0 Å². The highest BCUT2D eigenvalue weighted by atomic mass is 16.4. The molecule has 2 aromatic rings. The van der Waals surface area contributed by atoms with Crippen LogP contribution in [0.25, 0.3) is 0 Å². The first kappa shape index (κ1) is 11.8. The van der Waals surface area contributed by atoms with Crippen molar-refractivity contribution >= 4 is 17.7 Å². The van der Waals surface area contributed by atoms with E-state index in [0.717, 1.165) is 11.8 Å². The Hall–Kier alpha value is -2.63. The van der Waals surface area contributed by atoms with Crippen LogP contribution in [0.4, 0.5) is 5.82 Å². The molecule has 0 saturated carbocycles. The lowest BCUT2D eigenvalue weighted by atomic mass is 10.1. The van der Waals surface area contributed by atoms with Gasteiger partial charge in [-0.1, -0.05) is 17.7 Å². The molecule has 0 saturated heterocycles. The van der Waals surface area contributed by atoms with E-state index < -0.39 is 5.97 Å². The lowest BCUT2D eigenvalue weighted by molar-refractivity contribution is 0.0698. The fourth-order valence-electron chi connectivity index (χ4n) is 1.52. The fourth-order valence-corrected chi connectivity index (χ4v) is 1.52. The van der Waals surface area contributed by atoms with Gasteiger partial charge in [-0.3, -0.25) is 9.89 Å². The van der Waals surface area contributed by atoms with Crippen LogP contribution in [0.2, 0.25) is 0 Å². The summed E-state index contributed by atoms with van der Waals surface area (Å²) in [6.07, 6.45) is 1.15. The summed E-state index contributed by atoms with van der Waals surface area (Å²) in [7, 11) is 0. The second-order valence-electron chi connectivity index (χ2n) is 3.79. The van der Waals surface area contributed by atoms with Crippen molar-refractivity contribution in [1.29, 1.82) is 0 Å². The average Bonchev–Trinajstić information content (AvgIpc) is 2.77. The molecule has 6 nitrogen and oxygen atoms in total. The summed E-state index contributed by atoms with van der Waals surface area (Å²) in [6, 6.07) is 7.00. The average molecular weight is 245 g/mol. The molecule has 0 bridgehead atoms. The molecule has 0 fully saturated rings. The maximum absolute atomic E-state index is 11.9. The summed E-state index contributed by atoms with van der Waals surface area (Å²) < 4.78 is 0. The van der Waals surface area contributed by atoms with Crippen LogP contribution in [-0.4, -0.2) is 27.2 Å². The Morgan fingerprint density at radius 2 is 2.17 bits per heavy atom. The number of nitrogens with zero attached hydrogens (tertiary/aromatic N) is 1. The maximum Gasteiger partial charge on any atom is 0.341 e. The van der Waals surface area contributed by atoms with Gasteiger partial charge in [-0.25, -0.2) is 4.79 Å². The van der Waals surface area contributed by atoms with E-state index in [1.54, 1.807) is 18.2 Å². The molecule has 0 spiro atoms. The maximum atomic E-state index is 11.9. The third-order valence-corrected chi connectivity index (χ3v) is 2.39. The molecule has 0 radical (unpaired) electrons. The van der Waals surface area contributed by atoms with Gasteiger partial charge in [0, 0.05) is 5.56 Å². The van der Waals surface area contributed by atoms with Crippen LogP contribution in [-0.2, 0) is 0 Å². The summed E-state index contributed by atoms with van der Waals surface area (Å²) in [5.41, 5.74) is 1.34. The molecule has 0 aliphatic rings. The zero-order valence-electron chi connectivity index (χ0n) is 9.60. The first-order valence-corrected chi connectivity index (χ1v) is 5.22. The quantitative estimate of drug-likeness (QED) is 0.766. The number of carboxylic acid groups (broad SMARTS) is 1. The number of aromatic carboxylic acids is 1. The van der Waals surface area contributed by atoms with Crippen molar-refractivity contribution in [1.82, 2.24) is 10.2 Å². The topological polar surface area (TPSA) is 95.1 Å². The number of anilines is 1. The number of carbonyl (C=O) groups is 2. The monoisotopic (exact) mass is 245 g/mol. The highest BCUT2D eigenvalue weighted by Crippen LogP contribution is 2.13. The Labute approximate surface area is 103 Å². The number of hydrogen-bond acceptors (Lipinski definition) is 3. The largest absolute Gasteiger partial charge is 0.477 e. The smallest absolute Gasteiger partial charge is 0.341 e. The van der Waals surface area contributed by atoms with E-state index in [1.165, 1.54) is 0 Å². The van der Waals surface area contributed by atoms with Crippen LogP contribution in [0.15, 0.2) is 30.5 Å². The summed E-state index contributed by atoms with van der Waals surface area (Å²) in [5, 5.41) is 17.4. The second kappa shape index (κ2) is 4.70. The zero-order valence-corrected chi connectivity index (χ0v) is 9.60. The van der Waals surface area contributed by atoms with Crippen LogP contribution >= 0.6 is 0 Å². The normalized spacial score (nSPS) is 10.1. The Morgan fingerprint density at radius 3 is 2.83 bits per heavy atom. The van der Waals surface area contributed by atoms with E-state index in [2.05, 4.69) is 15.5 Å². The number of aromatic nitrogens is 2. The van der Waals surface area contributed by atoms with E-state index in [9.17, 15) is 9.59 Å². The van der Waals surface area contributed by atoms with E-state index in [4.69, 9.17) is 5.11 Å². The summed E-state index contributed by atoms with van der Waals surface area (Å²) >= 11 is 0. The fraction of sp³-hybridized carbons (Fsp3) is 0.0833. The summed E-state index contributed by atoms with van der Waals surface area (Å²) in [4.78, 5) is 22.7. The Morgan fingerprint density at radius 1 is 1.39 bits per heavy atom. The highest BCUT2D eigenvalue weighted by molar-refractivity contribution is 6.06. The van der Waals surface area contributed by atoms with Gasteiger partial charge in [0.15, 0.2) is 0 Å². The molecular formula is C12H11N3O3.